The van der Waals surface area contributed by atoms with Crippen LogP contribution in [0.5, 0.6) is 0 Å². The zero-order valence-corrected chi connectivity index (χ0v) is 13.6. The molecule has 0 atom stereocenters. The van der Waals surface area contributed by atoms with E-state index in [0.29, 0.717) is 12.6 Å². The first-order chi connectivity index (χ1) is 11.3. The highest BCUT2D eigenvalue weighted by molar-refractivity contribution is 5.79. The Hall–Kier alpha value is -2.37. The van der Waals surface area contributed by atoms with Crippen molar-refractivity contribution in [3.63, 3.8) is 0 Å². The van der Waals surface area contributed by atoms with Crippen LogP contribution in [0.3, 0.4) is 0 Å². The van der Waals surface area contributed by atoms with Crippen molar-refractivity contribution in [3.05, 3.63) is 42.4 Å². The van der Waals surface area contributed by atoms with E-state index in [1.165, 1.54) is 32.1 Å². The summed E-state index contributed by atoms with van der Waals surface area (Å²) in [6, 6.07) is 6.48. The molecule has 0 saturated heterocycles. The van der Waals surface area contributed by atoms with E-state index in [1.54, 1.807) is 10.9 Å². The van der Waals surface area contributed by atoms with E-state index >= 15 is 0 Å². The number of hydrogen-bond donors (Lipinski definition) is 2. The summed E-state index contributed by atoms with van der Waals surface area (Å²) in [6.07, 6.45) is 11.9. The summed E-state index contributed by atoms with van der Waals surface area (Å²) >= 11 is 0. The summed E-state index contributed by atoms with van der Waals surface area (Å²) in [5.74, 6) is 1.69. The highest BCUT2D eigenvalue weighted by Crippen LogP contribution is 2.17. The number of nitrogens with one attached hydrogen (secondary N) is 2. The fraction of sp³-hybridized carbons (Fsp3) is 0.471. The fourth-order valence-corrected chi connectivity index (χ4v) is 2.92. The van der Waals surface area contributed by atoms with E-state index in [1.807, 2.05) is 37.6 Å². The lowest BCUT2D eigenvalue weighted by Gasteiger charge is -2.24. The van der Waals surface area contributed by atoms with E-state index in [-0.39, 0.29) is 0 Å². The highest BCUT2D eigenvalue weighted by Gasteiger charge is 2.14. The van der Waals surface area contributed by atoms with Crippen LogP contribution in [-0.2, 0) is 6.54 Å². The maximum atomic E-state index is 4.35. The third kappa shape index (κ3) is 4.31. The van der Waals surface area contributed by atoms with E-state index in [0.717, 1.165) is 17.3 Å². The first-order valence-corrected chi connectivity index (χ1v) is 8.27. The van der Waals surface area contributed by atoms with Crippen LogP contribution in [0, 0.1) is 0 Å². The summed E-state index contributed by atoms with van der Waals surface area (Å²) in [5.41, 5.74) is 1.15. The quantitative estimate of drug-likeness (QED) is 0.671. The zero-order valence-electron chi connectivity index (χ0n) is 13.6. The van der Waals surface area contributed by atoms with Crippen molar-refractivity contribution in [2.24, 2.45) is 4.99 Å². The standard InChI is InChI=1S/C17H24N6/c1-18-17(22-15-6-3-2-4-7-15)20-13-14-8-10-19-16(12-14)23-11-5-9-21-23/h5,8-12,15H,2-4,6-7,13H2,1H3,(H2,18,20,22). The van der Waals surface area contributed by atoms with Crippen LogP contribution in [-0.4, -0.2) is 33.8 Å². The number of guanidine groups is 1. The topological polar surface area (TPSA) is 67.1 Å². The highest BCUT2D eigenvalue weighted by atomic mass is 15.3. The monoisotopic (exact) mass is 312 g/mol. The first-order valence-electron chi connectivity index (χ1n) is 8.27. The maximum absolute atomic E-state index is 4.35. The van der Waals surface area contributed by atoms with Gasteiger partial charge in [0.25, 0.3) is 0 Å². The van der Waals surface area contributed by atoms with Crippen molar-refractivity contribution in [3.8, 4) is 5.82 Å². The molecule has 2 aromatic heterocycles. The number of aliphatic imine (C=N–C) groups is 1. The molecule has 0 radical (unpaired) electrons. The van der Waals surface area contributed by atoms with E-state index in [9.17, 15) is 0 Å². The zero-order chi connectivity index (χ0) is 15.9. The summed E-state index contributed by atoms with van der Waals surface area (Å²) in [6.45, 7) is 0.711. The lowest BCUT2D eigenvalue weighted by atomic mass is 9.96. The lowest BCUT2D eigenvalue weighted by Crippen LogP contribution is -2.43. The van der Waals surface area contributed by atoms with Crippen molar-refractivity contribution < 1.29 is 0 Å². The van der Waals surface area contributed by atoms with Gasteiger partial charge < -0.3 is 10.6 Å². The first kappa shape index (κ1) is 15.5. The Kier molecular flexibility index (Phi) is 5.24. The van der Waals surface area contributed by atoms with Crippen LogP contribution in [0.15, 0.2) is 41.8 Å². The Morgan fingerprint density at radius 2 is 2.17 bits per heavy atom. The molecule has 2 N–H and O–H groups in total. The molecule has 0 bridgehead atoms. The third-order valence-electron chi connectivity index (χ3n) is 4.18. The normalized spacial score (nSPS) is 16.3. The van der Waals surface area contributed by atoms with Crippen LogP contribution in [0.1, 0.15) is 37.7 Å². The molecule has 3 rings (SSSR count). The van der Waals surface area contributed by atoms with Gasteiger partial charge >= 0.3 is 0 Å². The predicted molar refractivity (Wildman–Crippen MR) is 91.6 cm³/mol. The molecular formula is C17H24N6. The summed E-state index contributed by atoms with van der Waals surface area (Å²) < 4.78 is 1.76. The van der Waals surface area contributed by atoms with Crippen LogP contribution >= 0.6 is 0 Å². The molecule has 0 aromatic carbocycles. The van der Waals surface area contributed by atoms with Gasteiger partial charge in [-0.25, -0.2) is 9.67 Å². The van der Waals surface area contributed by atoms with Crippen molar-refractivity contribution in [2.45, 2.75) is 44.7 Å². The average Bonchev–Trinajstić information content (AvgIpc) is 3.14. The summed E-state index contributed by atoms with van der Waals surface area (Å²) in [4.78, 5) is 8.68. The minimum absolute atomic E-state index is 0.548. The second-order valence-electron chi connectivity index (χ2n) is 5.88. The minimum Gasteiger partial charge on any atom is -0.354 e. The Balaban J connectivity index is 1.57. The van der Waals surface area contributed by atoms with Gasteiger partial charge in [-0.15, -0.1) is 0 Å². The molecule has 23 heavy (non-hydrogen) atoms. The van der Waals surface area contributed by atoms with Gasteiger partial charge in [-0.3, -0.25) is 4.99 Å². The van der Waals surface area contributed by atoms with Crippen LogP contribution < -0.4 is 10.6 Å². The summed E-state index contributed by atoms with van der Waals surface area (Å²) in [7, 11) is 1.82. The molecule has 122 valence electrons. The average molecular weight is 312 g/mol. The molecule has 6 nitrogen and oxygen atoms in total. The van der Waals surface area contributed by atoms with Gasteiger partial charge in [0.05, 0.1) is 0 Å². The Morgan fingerprint density at radius 1 is 1.30 bits per heavy atom. The second-order valence-corrected chi connectivity index (χ2v) is 5.88. The van der Waals surface area contributed by atoms with Crippen LogP contribution in [0.2, 0.25) is 0 Å². The molecule has 0 unspecified atom stereocenters. The number of aromatic nitrogens is 3. The smallest absolute Gasteiger partial charge is 0.191 e. The maximum Gasteiger partial charge on any atom is 0.191 e. The molecule has 1 fully saturated rings. The van der Waals surface area contributed by atoms with Crippen molar-refractivity contribution in [2.75, 3.05) is 7.05 Å². The van der Waals surface area contributed by atoms with Crippen LogP contribution in [0.25, 0.3) is 5.82 Å². The molecular weight excluding hydrogens is 288 g/mol. The van der Waals surface area contributed by atoms with Crippen molar-refractivity contribution >= 4 is 5.96 Å². The molecule has 6 heteroatoms. The number of nitrogens with zero attached hydrogens (tertiary/aromatic N) is 4. The lowest BCUT2D eigenvalue weighted by molar-refractivity contribution is 0.410. The molecule has 2 aromatic rings. The Labute approximate surface area is 137 Å². The number of hydrogen-bond acceptors (Lipinski definition) is 3. The minimum atomic E-state index is 0.548. The Morgan fingerprint density at radius 3 is 2.91 bits per heavy atom. The van der Waals surface area contributed by atoms with Gasteiger partial charge in [0.2, 0.25) is 0 Å². The molecule has 1 aliphatic rings. The molecule has 0 aliphatic heterocycles. The van der Waals surface area contributed by atoms with E-state index < -0.39 is 0 Å². The van der Waals surface area contributed by atoms with Gasteiger partial charge in [0.1, 0.15) is 0 Å². The molecule has 0 spiro atoms. The number of rotatable bonds is 4. The Bertz CT molecular complexity index is 628. The van der Waals surface area contributed by atoms with Gasteiger partial charge in [-0.1, -0.05) is 19.3 Å². The molecule has 1 saturated carbocycles. The van der Waals surface area contributed by atoms with Gasteiger partial charge in [0, 0.05) is 38.2 Å². The molecule has 1 aliphatic carbocycles. The SMILES string of the molecule is CN=C(NCc1ccnc(-n2cccn2)c1)NC1CCCCC1. The molecule has 2 heterocycles. The van der Waals surface area contributed by atoms with Crippen molar-refractivity contribution in [1.29, 1.82) is 0 Å². The third-order valence-corrected chi connectivity index (χ3v) is 4.18. The second kappa shape index (κ2) is 7.76. The molecule has 0 amide bonds. The van der Waals surface area contributed by atoms with E-state index in [4.69, 9.17) is 0 Å². The van der Waals surface area contributed by atoms with Gasteiger partial charge in [-0.2, -0.15) is 5.10 Å². The number of pyridine rings is 1. The predicted octanol–water partition coefficient (Wildman–Crippen LogP) is 2.27. The summed E-state index contributed by atoms with van der Waals surface area (Å²) in [5, 5.41) is 11.1. The fourth-order valence-electron chi connectivity index (χ4n) is 2.92. The van der Waals surface area contributed by atoms with Gasteiger partial charge in [-0.05, 0) is 36.6 Å². The van der Waals surface area contributed by atoms with Crippen LogP contribution in [0.4, 0.5) is 0 Å². The van der Waals surface area contributed by atoms with Crippen molar-refractivity contribution in [1.82, 2.24) is 25.4 Å². The van der Waals surface area contributed by atoms with E-state index in [2.05, 4.69) is 25.7 Å². The van der Waals surface area contributed by atoms with Gasteiger partial charge in [0.15, 0.2) is 11.8 Å². The largest absolute Gasteiger partial charge is 0.354 e.